The first-order chi connectivity index (χ1) is 13.4. The molecule has 0 spiro atoms. The van der Waals surface area contributed by atoms with Crippen molar-refractivity contribution in [3.05, 3.63) is 53.6 Å². The Morgan fingerprint density at radius 1 is 1.14 bits per heavy atom. The molecule has 1 aliphatic rings. The quantitative estimate of drug-likeness (QED) is 0.692. The van der Waals surface area contributed by atoms with Gasteiger partial charge in [0.15, 0.2) is 0 Å². The van der Waals surface area contributed by atoms with Crippen molar-refractivity contribution in [1.82, 2.24) is 0 Å². The largest absolute Gasteiger partial charge is 0.490 e. The van der Waals surface area contributed by atoms with Gasteiger partial charge in [-0.2, -0.15) is 13.2 Å². The van der Waals surface area contributed by atoms with Crippen LogP contribution in [-0.4, -0.2) is 31.6 Å². The van der Waals surface area contributed by atoms with Gasteiger partial charge in [-0.05, 0) is 54.8 Å². The summed E-state index contributed by atoms with van der Waals surface area (Å²) in [7, 11) is -3.64. The van der Waals surface area contributed by atoms with E-state index in [2.05, 4.69) is 10.0 Å². The molecule has 0 unspecified atom stereocenters. The molecule has 0 atom stereocenters. The van der Waals surface area contributed by atoms with Crippen molar-refractivity contribution in [2.45, 2.75) is 30.8 Å². The minimum atomic E-state index is -5.08. The van der Waals surface area contributed by atoms with Gasteiger partial charge in [-0.1, -0.05) is 12.1 Å². The third-order valence-corrected chi connectivity index (χ3v) is 5.17. The highest BCUT2D eigenvalue weighted by Gasteiger charge is 2.38. The smallest absolute Gasteiger partial charge is 0.475 e. The number of anilines is 2. The van der Waals surface area contributed by atoms with Crippen molar-refractivity contribution in [1.29, 1.82) is 0 Å². The van der Waals surface area contributed by atoms with Crippen LogP contribution >= 0.6 is 0 Å². The number of benzene rings is 2. The van der Waals surface area contributed by atoms with Crippen LogP contribution < -0.4 is 10.0 Å². The van der Waals surface area contributed by atoms with Crippen LogP contribution in [0.3, 0.4) is 0 Å². The van der Waals surface area contributed by atoms with Gasteiger partial charge in [-0.15, -0.1) is 0 Å². The van der Waals surface area contributed by atoms with E-state index in [1.54, 1.807) is 30.3 Å². The van der Waals surface area contributed by atoms with Gasteiger partial charge >= 0.3 is 12.1 Å². The second-order valence-corrected chi connectivity index (χ2v) is 7.83. The van der Waals surface area contributed by atoms with E-state index >= 15 is 0 Å². The van der Waals surface area contributed by atoms with E-state index in [9.17, 15) is 26.4 Å². The van der Waals surface area contributed by atoms with Crippen molar-refractivity contribution in [3.63, 3.8) is 0 Å². The lowest BCUT2D eigenvalue weighted by atomic mass is 10.0. The Morgan fingerprint density at radius 3 is 2.38 bits per heavy atom. The van der Waals surface area contributed by atoms with Crippen molar-refractivity contribution in [2.24, 2.45) is 0 Å². The first-order valence-electron chi connectivity index (χ1n) is 8.21. The average Bonchev–Trinajstić information content (AvgIpc) is 2.60. The maximum absolute atomic E-state index is 12.5. The number of amides is 1. The first-order valence-corrected chi connectivity index (χ1v) is 9.69. The van der Waals surface area contributed by atoms with Crippen LogP contribution in [0.1, 0.15) is 17.5 Å². The normalized spacial score (nSPS) is 13.4. The van der Waals surface area contributed by atoms with Gasteiger partial charge < -0.3 is 10.4 Å². The second-order valence-electron chi connectivity index (χ2n) is 6.15. The lowest BCUT2D eigenvalue weighted by Crippen LogP contribution is -2.21. The van der Waals surface area contributed by atoms with E-state index in [-0.39, 0.29) is 10.8 Å². The standard InChI is InChI=1S/C16H16N2O3S.C2HF3O2/c1-11-3-2-4-13(9-11)18-22(20,21)14-6-7-15-12(10-14)5-8-16(19)17-15;3-2(4,5)1(6)7/h2-4,6-7,9-10,18H,5,8H2,1H3,(H,17,19);(H,6,7). The predicted octanol–water partition coefficient (Wildman–Crippen LogP) is 3.31. The molecule has 0 radical (unpaired) electrons. The molecule has 2 aromatic rings. The Hall–Kier alpha value is -3.08. The number of sulfonamides is 1. The number of carboxylic acid groups (broad SMARTS) is 1. The molecule has 3 N–H and O–H groups in total. The van der Waals surface area contributed by atoms with Crippen LogP contribution in [0, 0.1) is 6.92 Å². The molecule has 0 aromatic heterocycles. The van der Waals surface area contributed by atoms with E-state index in [0.717, 1.165) is 11.1 Å². The molecule has 0 fully saturated rings. The number of hydrogen-bond donors (Lipinski definition) is 3. The molecule has 0 saturated heterocycles. The van der Waals surface area contributed by atoms with Gasteiger partial charge in [0.05, 0.1) is 4.90 Å². The summed E-state index contributed by atoms with van der Waals surface area (Å²) in [5, 5.41) is 9.87. The third kappa shape index (κ3) is 6.21. The topological polar surface area (TPSA) is 113 Å². The maximum Gasteiger partial charge on any atom is 0.490 e. The number of fused-ring (bicyclic) bond motifs is 1. The number of halogens is 3. The molecule has 3 rings (SSSR count). The fourth-order valence-electron chi connectivity index (χ4n) is 2.45. The molecule has 1 heterocycles. The maximum atomic E-state index is 12.5. The number of hydrogen-bond acceptors (Lipinski definition) is 4. The molecule has 0 saturated carbocycles. The zero-order chi connectivity index (χ0) is 21.8. The SMILES string of the molecule is Cc1cccc(NS(=O)(=O)c2ccc3c(c2)CCC(=O)N3)c1.O=C(O)C(F)(F)F. The molecule has 7 nitrogen and oxygen atoms in total. The summed E-state index contributed by atoms with van der Waals surface area (Å²) in [6.45, 7) is 1.90. The van der Waals surface area contributed by atoms with Gasteiger partial charge in [-0.3, -0.25) is 9.52 Å². The third-order valence-electron chi connectivity index (χ3n) is 3.80. The number of nitrogens with one attached hydrogen (secondary N) is 2. The number of aryl methyl sites for hydroxylation is 2. The van der Waals surface area contributed by atoms with E-state index in [0.29, 0.717) is 24.2 Å². The van der Waals surface area contributed by atoms with Gasteiger partial charge in [0, 0.05) is 17.8 Å². The summed E-state index contributed by atoms with van der Waals surface area (Å²) in [6.07, 6.45) is -4.16. The van der Waals surface area contributed by atoms with E-state index in [4.69, 9.17) is 9.90 Å². The fraction of sp³-hybridized carbons (Fsp3) is 0.222. The highest BCUT2D eigenvalue weighted by molar-refractivity contribution is 7.92. The molecule has 0 aliphatic carbocycles. The number of carboxylic acids is 1. The van der Waals surface area contributed by atoms with E-state index < -0.39 is 22.2 Å². The number of alkyl halides is 3. The van der Waals surface area contributed by atoms with Gasteiger partial charge in [0.2, 0.25) is 5.91 Å². The summed E-state index contributed by atoms with van der Waals surface area (Å²) in [6, 6.07) is 11.9. The van der Waals surface area contributed by atoms with E-state index in [1.807, 2.05) is 13.0 Å². The predicted molar refractivity (Wildman–Crippen MR) is 99.1 cm³/mol. The van der Waals surface area contributed by atoms with E-state index in [1.165, 1.54) is 6.07 Å². The minimum absolute atomic E-state index is 0.0407. The fourth-order valence-corrected chi connectivity index (χ4v) is 3.55. The summed E-state index contributed by atoms with van der Waals surface area (Å²) in [5.41, 5.74) is 3.04. The monoisotopic (exact) mass is 430 g/mol. The number of carbonyl (C=O) groups is 2. The summed E-state index contributed by atoms with van der Waals surface area (Å²) in [5.74, 6) is -2.80. The van der Waals surface area contributed by atoms with Gasteiger partial charge in [0.25, 0.3) is 10.0 Å². The van der Waals surface area contributed by atoms with Gasteiger partial charge in [0.1, 0.15) is 0 Å². The van der Waals surface area contributed by atoms with Crippen molar-refractivity contribution >= 4 is 33.3 Å². The lowest BCUT2D eigenvalue weighted by Gasteiger charge is -2.18. The van der Waals surface area contributed by atoms with Crippen molar-refractivity contribution in [3.8, 4) is 0 Å². The van der Waals surface area contributed by atoms with Crippen LogP contribution in [0.4, 0.5) is 24.5 Å². The highest BCUT2D eigenvalue weighted by atomic mass is 32.2. The molecule has 11 heteroatoms. The molecule has 1 aliphatic heterocycles. The molecular weight excluding hydrogens is 413 g/mol. The van der Waals surface area contributed by atoms with Crippen molar-refractivity contribution in [2.75, 3.05) is 10.0 Å². The first kappa shape index (κ1) is 22.2. The molecule has 2 aromatic carbocycles. The zero-order valence-electron chi connectivity index (χ0n) is 15.1. The Labute approximate surface area is 164 Å². The van der Waals surface area contributed by atoms with Crippen molar-refractivity contribution < 1.29 is 36.3 Å². The molecule has 156 valence electrons. The zero-order valence-corrected chi connectivity index (χ0v) is 15.9. The number of rotatable bonds is 3. The van der Waals surface area contributed by atoms with Crippen LogP contribution in [0.2, 0.25) is 0 Å². The molecule has 1 amide bonds. The number of aliphatic carboxylic acids is 1. The summed E-state index contributed by atoms with van der Waals surface area (Å²) >= 11 is 0. The van der Waals surface area contributed by atoms with Crippen LogP contribution in [0.15, 0.2) is 47.4 Å². The minimum Gasteiger partial charge on any atom is -0.475 e. The van der Waals surface area contributed by atoms with Gasteiger partial charge in [-0.25, -0.2) is 13.2 Å². The Kier molecular flexibility index (Phi) is 6.52. The molecular formula is C18H17F3N2O5S. The number of carbonyl (C=O) groups excluding carboxylic acids is 1. The van der Waals surface area contributed by atoms with Crippen LogP contribution in [0.5, 0.6) is 0 Å². The second kappa shape index (κ2) is 8.52. The summed E-state index contributed by atoms with van der Waals surface area (Å²) in [4.78, 5) is 20.4. The highest BCUT2D eigenvalue weighted by Crippen LogP contribution is 2.26. The van der Waals surface area contributed by atoms with Crippen LogP contribution in [0.25, 0.3) is 0 Å². The lowest BCUT2D eigenvalue weighted by molar-refractivity contribution is -0.192. The van der Waals surface area contributed by atoms with Crippen LogP contribution in [-0.2, 0) is 26.0 Å². The Balaban J connectivity index is 0.000000370. The molecule has 29 heavy (non-hydrogen) atoms. The summed E-state index contributed by atoms with van der Waals surface area (Å²) < 4.78 is 59.2. The molecule has 0 bridgehead atoms. The average molecular weight is 430 g/mol. The Morgan fingerprint density at radius 2 is 1.79 bits per heavy atom. The Bertz CT molecular complexity index is 1040.